The quantitative estimate of drug-likeness (QED) is 0.878. The highest BCUT2D eigenvalue weighted by molar-refractivity contribution is 9.10. The van der Waals surface area contributed by atoms with Crippen molar-refractivity contribution in [2.24, 2.45) is 11.8 Å². The molecule has 0 radical (unpaired) electrons. The SMILES string of the molecule is CC(CC(=O)Nc1cc(Br)ccc1F)C1CCCNC1. The lowest BCUT2D eigenvalue weighted by molar-refractivity contribution is -0.117. The molecule has 1 fully saturated rings. The molecule has 1 aliphatic rings. The van der Waals surface area contributed by atoms with Gasteiger partial charge in [-0.05, 0) is 56.0 Å². The van der Waals surface area contributed by atoms with Crippen molar-refractivity contribution in [2.45, 2.75) is 26.2 Å². The van der Waals surface area contributed by atoms with E-state index in [0.717, 1.165) is 30.4 Å². The second kappa shape index (κ2) is 7.18. The number of rotatable bonds is 4. The molecule has 2 rings (SSSR count). The molecule has 2 N–H and O–H groups in total. The number of nitrogens with one attached hydrogen (secondary N) is 2. The van der Waals surface area contributed by atoms with E-state index in [-0.39, 0.29) is 11.6 Å². The van der Waals surface area contributed by atoms with Gasteiger partial charge < -0.3 is 10.6 Å². The highest BCUT2D eigenvalue weighted by Crippen LogP contribution is 2.24. The van der Waals surface area contributed by atoms with Crippen molar-refractivity contribution in [3.63, 3.8) is 0 Å². The van der Waals surface area contributed by atoms with Gasteiger partial charge in [-0.1, -0.05) is 22.9 Å². The first kappa shape index (κ1) is 15.4. The van der Waals surface area contributed by atoms with E-state index in [1.807, 2.05) is 0 Å². The van der Waals surface area contributed by atoms with Gasteiger partial charge in [0.2, 0.25) is 5.91 Å². The molecule has 0 aliphatic carbocycles. The maximum Gasteiger partial charge on any atom is 0.224 e. The molecule has 1 saturated heterocycles. The third-order valence-electron chi connectivity index (χ3n) is 3.85. The second-order valence-corrected chi connectivity index (χ2v) is 6.38. The average molecular weight is 343 g/mol. The van der Waals surface area contributed by atoms with Crippen LogP contribution in [0.2, 0.25) is 0 Å². The van der Waals surface area contributed by atoms with Crippen LogP contribution in [-0.2, 0) is 4.79 Å². The Kier molecular flexibility index (Phi) is 5.54. The van der Waals surface area contributed by atoms with Gasteiger partial charge in [-0.25, -0.2) is 4.39 Å². The zero-order valence-corrected chi connectivity index (χ0v) is 13.2. The number of piperidine rings is 1. The van der Waals surface area contributed by atoms with Gasteiger partial charge in [-0.3, -0.25) is 4.79 Å². The molecule has 0 aromatic heterocycles. The first-order valence-corrected chi connectivity index (χ1v) is 7.81. The maximum atomic E-state index is 13.6. The minimum atomic E-state index is -0.409. The molecule has 2 unspecified atom stereocenters. The largest absolute Gasteiger partial charge is 0.324 e. The molecule has 3 nitrogen and oxygen atoms in total. The van der Waals surface area contributed by atoms with Gasteiger partial charge in [-0.15, -0.1) is 0 Å². The molecular formula is C15H20BrFN2O. The first-order valence-electron chi connectivity index (χ1n) is 7.02. The van der Waals surface area contributed by atoms with Crippen molar-refractivity contribution < 1.29 is 9.18 Å². The summed E-state index contributed by atoms with van der Waals surface area (Å²) < 4.78 is 14.3. The predicted molar refractivity (Wildman–Crippen MR) is 82.1 cm³/mol. The Hall–Kier alpha value is -0.940. The third kappa shape index (κ3) is 4.28. The standard InChI is InChI=1S/C15H20BrFN2O/c1-10(11-3-2-6-18-9-11)7-15(20)19-14-8-12(16)4-5-13(14)17/h4-5,8,10-11,18H,2-3,6-7,9H2,1H3,(H,19,20). The van der Waals surface area contributed by atoms with Gasteiger partial charge in [0.25, 0.3) is 0 Å². The molecule has 0 saturated carbocycles. The Balaban J connectivity index is 1.89. The lowest BCUT2D eigenvalue weighted by Crippen LogP contribution is -2.34. The molecule has 2 atom stereocenters. The zero-order valence-electron chi connectivity index (χ0n) is 11.6. The Bertz CT molecular complexity index is 475. The molecule has 110 valence electrons. The number of hydrogen-bond donors (Lipinski definition) is 2. The molecule has 5 heteroatoms. The van der Waals surface area contributed by atoms with Gasteiger partial charge >= 0.3 is 0 Å². The third-order valence-corrected chi connectivity index (χ3v) is 4.34. The summed E-state index contributed by atoms with van der Waals surface area (Å²) in [6.45, 7) is 4.13. The van der Waals surface area contributed by atoms with Gasteiger partial charge in [0.1, 0.15) is 5.82 Å². The summed E-state index contributed by atoms with van der Waals surface area (Å²) in [5.41, 5.74) is 0.235. The molecule has 1 aliphatic heterocycles. The van der Waals surface area contributed by atoms with Crippen LogP contribution in [0.4, 0.5) is 10.1 Å². The number of anilines is 1. The lowest BCUT2D eigenvalue weighted by Gasteiger charge is -2.28. The number of carbonyl (C=O) groups excluding carboxylic acids is 1. The van der Waals surface area contributed by atoms with Crippen molar-refractivity contribution in [2.75, 3.05) is 18.4 Å². The van der Waals surface area contributed by atoms with E-state index in [2.05, 4.69) is 33.5 Å². The van der Waals surface area contributed by atoms with Crippen LogP contribution >= 0.6 is 15.9 Å². The van der Waals surface area contributed by atoms with Crippen LogP contribution < -0.4 is 10.6 Å². The van der Waals surface area contributed by atoms with Crippen LogP contribution in [0.3, 0.4) is 0 Å². The lowest BCUT2D eigenvalue weighted by atomic mass is 9.85. The normalized spacial score (nSPS) is 20.4. The van der Waals surface area contributed by atoms with E-state index >= 15 is 0 Å². The maximum absolute atomic E-state index is 13.6. The summed E-state index contributed by atoms with van der Waals surface area (Å²) in [4.78, 5) is 12.0. The fraction of sp³-hybridized carbons (Fsp3) is 0.533. The second-order valence-electron chi connectivity index (χ2n) is 5.46. The van der Waals surface area contributed by atoms with Crippen LogP contribution in [0.5, 0.6) is 0 Å². The monoisotopic (exact) mass is 342 g/mol. The van der Waals surface area contributed by atoms with Crippen LogP contribution in [0.15, 0.2) is 22.7 Å². The minimum Gasteiger partial charge on any atom is -0.324 e. The number of halogens is 2. The summed E-state index contributed by atoms with van der Waals surface area (Å²) in [5.74, 6) is 0.300. The molecular weight excluding hydrogens is 323 g/mol. The van der Waals surface area contributed by atoms with E-state index in [1.165, 1.54) is 6.07 Å². The summed E-state index contributed by atoms with van der Waals surface area (Å²) in [6, 6.07) is 4.54. The molecule has 1 aromatic carbocycles. The zero-order chi connectivity index (χ0) is 14.5. The Morgan fingerprint density at radius 1 is 1.60 bits per heavy atom. The molecule has 0 bridgehead atoms. The smallest absolute Gasteiger partial charge is 0.224 e. The number of amides is 1. The summed E-state index contributed by atoms with van der Waals surface area (Å²) in [7, 11) is 0. The molecule has 0 spiro atoms. The van der Waals surface area contributed by atoms with Crippen LogP contribution in [0, 0.1) is 17.7 Å². The molecule has 1 amide bonds. The molecule has 1 heterocycles. The fourth-order valence-electron chi connectivity index (χ4n) is 2.62. The topological polar surface area (TPSA) is 41.1 Å². The highest BCUT2D eigenvalue weighted by Gasteiger charge is 2.22. The van der Waals surface area contributed by atoms with Gasteiger partial charge in [0, 0.05) is 10.9 Å². The van der Waals surface area contributed by atoms with Crippen molar-refractivity contribution in [1.29, 1.82) is 0 Å². The number of benzene rings is 1. The fourth-order valence-corrected chi connectivity index (χ4v) is 2.98. The van der Waals surface area contributed by atoms with E-state index in [4.69, 9.17) is 0 Å². The van der Waals surface area contributed by atoms with Crippen LogP contribution in [0.1, 0.15) is 26.2 Å². The van der Waals surface area contributed by atoms with Gasteiger partial charge in [-0.2, -0.15) is 0 Å². The van der Waals surface area contributed by atoms with Crippen molar-refractivity contribution in [3.8, 4) is 0 Å². The van der Waals surface area contributed by atoms with Crippen molar-refractivity contribution in [3.05, 3.63) is 28.5 Å². The predicted octanol–water partition coefficient (Wildman–Crippen LogP) is 3.55. The van der Waals surface area contributed by atoms with E-state index in [9.17, 15) is 9.18 Å². The summed E-state index contributed by atoms with van der Waals surface area (Å²) in [5, 5.41) is 6.01. The average Bonchev–Trinajstić information content (AvgIpc) is 2.43. The van der Waals surface area contributed by atoms with E-state index in [1.54, 1.807) is 12.1 Å². The van der Waals surface area contributed by atoms with Gasteiger partial charge in [0.05, 0.1) is 5.69 Å². The molecule has 20 heavy (non-hydrogen) atoms. The Morgan fingerprint density at radius 2 is 2.40 bits per heavy atom. The van der Waals surface area contributed by atoms with Crippen LogP contribution in [0.25, 0.3) is 0 Å². The van der Waals surface area contributed by atoms with Crippen molar-refractivity contribution in [1.82, 2.24) is 5.32 Å². The van der Waals surface area contributed by atoms with E-state index < -0.39 is 5.82 Å². The van der Waals surface area contributed by atoms with Crippen molar-refractivity contribution >= 4 is 27.5 Å². The Labute approximate surface area is 127 Å². The summed E-state index contributed by atoms with van der Waals surface area (Å²) >= 11 is 3.27. The number of hydrogen-bond acceptors (Lipinski definition) is 2. The number of carbonyl (C=O) groups is 1. The molecule has 1 aromatic rings. The van der Waals surface area contributed by atoms with E-state index in [0.29, 0.717) is 18.3 Å². The first-order chi connectivity index (χ1) is 9.56. The Morgan fingerprint density at radius 3 is 3.10 bits per heavy atom. The highest BCUT2D eigenvalue weighted by atomic mass is 79.9. The van der Waals surface area contributed by atoms with Crippen LogP contribution in [-0.4, -0.2) is 19.0 Å². The summed E-state index contributed by atoms with van der Waals surface area (Å²) in [6.07, 6.45) is 2.75. The minimum absolute atomic E-state index is 0.125. The van der Waals surface area contributed by atoms with Gasteiger partial charge in [0.15, 0.2) is 0 Å².